The number of aliphatic hydroxyl groups excluding tert-OH is 1. The van der Waals surface area contributed by atoms with Crippen molar-refractivity contribution in [2.45, 2.75) is 19.4 Å². The zero-order valence-electron chi connectivity index (χ0n) is 10.2. The first-order chi connectivity index (χ1) is 8.69. The van der Waals surface area contributed by atoms with E-state index in [0.29, 0.717) is 17.4 Å². The molecule has 1 aliphatic rings. The third-order valence-corrected chi connectivity index (χ3v) is 2.83. The topological polar surface area (TPSA) is 56.7 Å². The number of aliphatic imine (C=N–C) groups is 1. The molecule has 5 heteroatoms. The van der Waals surface area contributed by atoms with E-state index in [1.54, 1.807) is 7.05 Å². The molecule has 96 valence electrons. The smallest absolute Gasteiger partial charge is 0.228 e. The molecule has 3 N–H and O–H groups in total. The quantitative estimate of drug-likeness (QED) is 0.717. The van der Waals surface area contributed by atoms with Crippen molar-refractivity contribution in [3.63, 3.8) is 0 Å². The van der Waals surface area contributed by atoms with Gasteiger partial charge in [-0.1, -0.05) is 23.7 Å². The highest BCUT2D eigenvalue weighted by Gasteiger charge is 2.15. The van der Waals surface area contributed by atoms with Crippen molar-refractivity contribution in [3.8, 4) is 0 Å². The monoisotopic (exact) mass is 265 g/mol. The summed E-state index contributed by atoms with van der Waals surface area (Å²) in [6.07, 6.45) is 2.05. The molecule has 0 radical (unpaired) electrons. The van der Waals surface area contributed by atoms with E-state index in [1.165, 1.54) is 0 Å². The summed E-state index contributed by atoms with van der Waals surface area (Å²) in [4.78, 5) is 4.28. The fourth-order valence-electron chi connectivity index (χ4n) is 1.42. The maximum atomic E-state index is 9.87. The van der Waals surface area contributed by atoms with E-state index in [-0.39, 0.29) is 5.88 Å². The molecule has 0 aromatic heterocycles. The Kier molecular flexibility index (Phi) is 4.10. The first-order valence-corrected chi connectivity index (χ1v) is 6.22. The first-order valence-electron chi connectivity index (χ1n) is 5.85. The summed E-state index contributed by atoms with van der Waals surface area (Å²) in [5, 5.41) is 16.4. The van der Waals surface area contributed by atoms with Crippen LogP contribution in [0.4, 0.5) is 0 Å². The van der Waals surface area contributed by atoms with Gasteiger partial charge in [0, 0.05) is 24.3 Å². The number of benzene rings is 1. The molecule has 1 saturated carbocycles. The van der Waals surface area contributed by atoms with Crippen molar-refractivity contribution in [3.05, 3.63) is 46.6 Å². The summed E-state index contributed by atoms with van der Waals surface area (Å²) in [5.41, 5.74) is 2.15. The zero-order chi connectivity index (χ0) is 13.0. The maximum Gasteiger partial charge on any atom is 0.228 e. The lowest BCUT2D eigenvalue weighted by Crippen LogP contribution is -2.19. The number of hydrogen-bond acceptors (Lipinski definition) is 4. The maximum absolute atomic E-state index is 9.87. The van der Waals surface area contributed by atoms with E-state index >= 15 is 0 Å². The van der Waals surface area contributed by atoms with Gasteiger partial charge in [0.25, 0.3) is 0 Å². The second kappa shape index (κ2) is 5.78. The van der Waals surface area contributed by atoms with E-state index in [4.69, 9.17) is 11.6 Å². The van der Waals surface area contributed by atoms with Gasteiger partial charge in [0.15, 0.2) is 5.82 Å². The molecule has 0 spiro atoms. The number of hydrogen-bond donors (Lipinski definition) is 3. The highest BCUT2D eigenvalue weighted by atomic mass is 35.5. The average molecular weight is 266 g/mol. The molecule has 0 unspecified atom stereocenters. The minimum absolute atomic E-state index is 0.0619. The fourth-order valence-corrected chi connectivity index (χ4v) is 1.55. The molecule has 0 atom stereocenters. The minimum Gasteiger partial charge on any atom is -0.492 e. The summed E-state index contributed by atoms with van der Waals surface area (Å²) < 4.78 is 0. The number of nitrogens with zero attached hydrogens (tertiary/aromatic N) is 1. The van der Waals surface area contributed by atoms with Crippen molar-refractivity contribution < 1.29 is 5.11 Å². The van der Waals surface area contributed by atoms with E-state index in [1.807, 2.05) is 24.3 Å². The fraction of sp³-hybridized carbons (Fsp3) is 0.308. The highest BCUT2D eigenvalue weighted by molar-refractivity contribution is 6.30. The molecule has 1 aromatic carbocycles. The number of nitrogens with one attached hydrogen (secondary N) is 2. The molecule has 2 rings (SSSR count). The summed E-state index contributed by atoms with van der Waals surface area (Å²) in [7, 11) is 1.74. The molecule has 18 heavy (non-hydrogen) atoms. The Labute approximate surface area is 111 Å². The molecule has 0 bridgehead atoms. The van der Waals surface area contributed by atoms with Gasteiger partial charge in [-0.3, -0.25) is 0 Å². The predicted molar refractivity (Wildman–Crippen MR) is 73.7 cm³/mol. The third-order valence-electron chi connectivity index (χ3n) is 2.58. The Morgan fingerprint density at radius 3 is 2.56 bits per heavy atom. The van der Waals surface area contributed by atoms with Crippen LogP contribution in [-0.4, -0.2) is 17.9 Å². The normalized spacial score (nSPS) is 14.9. The lowest BCUT2D eigenvalue weighted by Gasteiger charge is -2.08. The van der Waals surface area contributed by atoms with Gasteiger partial charge in [0.05, 0.1) is 0 Å². The van der Waals surface area contributed by atoms with Gasteiger partial charge in [-0.15, -0.1) is 0 Å². The first kappa shape index (κ1) is 12.8. The SMILES string of the molecule is CN/C(N=C1CC1)=C(\O)NCc1ccc(Cl)cc1. The molecule has 4 nitrogen and oxygen atoms in total. The largest absolute Gasteiger partial charge is 0.492 e. The van der Waals surface area contributed by atoms with Crippen LogP contribution >= 0.6 is 11.6 Å². The van der Waals surface area contributed by atoms with E-state index < -0.39 is 0 Å². The molecular weight excluding hydrogens is 250 g/mol. The number of rotatable bonds is 5. The van der Waals surface area contributed by atoms with Crippen LogP contribution in [-0.2, 0) is 6.54 Å². The van der Waals surface area contributed by atoms with Gasteiger partial charge in [-0.25, -0.2) is 4.99 Å². The summed E-state index contributed by atoms with van der Waals surface area (Å²) in [6.45, 7) is 0.527. The minimum atomic E-state index is 0.0619. The Hall–Kier alpha value is -1.68. The van der Waals surface area contributed by atoms with Crippen LogP contribution in [0.5, 0.6) is 0 Å². The zero-order valence-corrected chi connectivity index (χ0v) is 11.0. The average Bonchev–Trinajstić information content (AvgIpc) is 3.19. The highest BCUT2D eigenvalue weighted by Crippen LogP contribution is 2.16. The molecule has 1 aromatic rings. The van der Waals surface area contributed by atoms with Gasteiger partial charge in [-0.2, -0.15) is 0 Å². The Bertz CT molecular complexity index is 474. The van der Waals surface area contributed by atoms with Crippen molar-refractivity contribution in [2.75, 3.05) is 7.05 Å². The predicted octanol–water partition coefficient (Wildman–Crippen LogP) is 2.57. The molecular formula is C13H16ClN3O. The molecule has 0 amide bonds. The second-order valence-electron chi connectivity index (χ2n) is 4.11. The lowest BCUT2D eigenvalue weighted by molar-refractivity contribution is 0.350. The van der Waals surface area contributed by atoms with Crippen LogP contribution in [0.2, 0.25) is 5.02 Å². The summed E-state index contributed by atoms with van der Waals surface area (Å²) in [5.74, 6) is 0.545. The van der Waals surface area contributed by atoms with Gasteiger partial charge in [0.1, 0.15) is 0 Å². The van der Waals surface area contributed by atoms with Crippen molar-refractivity contribution in [1.82, 2.24) is 10.6 Å². The third kappa shape index (κ3) is 3.67. The van der Waals surface area contributed by atoms with E-state index in [9.17, 15) is 5.11 Å². The van der Waals surface area contributed by atoms with Crippen molar-refractivity contribution in [1.29, 1.82) is 0 Å². The molecule has 0 aliphatic heterocycles. The van der Waals surface area contributed by atoms with Gasteiger partial charge in [-0.05, 0) is 30.5 Å². The second-order valence-corrected chi connectivity index (χ2v) is 4.54. The van der Waals surface area contributed by atoms with Gasteiger partial charge >= 0.3 is 0 Å². The molecule has 1 aliphatic carbocycles. The number of aliphatic hydroxyl groups is 1. The van der Waals surface area contributed by atoms with Crippen molar-refractivity contribution >= 4 is 17.3 Å². The van der Waals surface area contributed by atoms with Gasteiger partial charge in [0.2, 0.25) is 5.88 Å². The molecule has 0 saturated heterocycles. The van der Waals surface area contributed by atoms with E-state index in [0.717, 1.165) is 24.1 Å². The van der Waals surface area contributed by atoms with Crippen LogP contribution in [0.25, 0.3) is 0 Å². The Morgan fingerprint density at radius 2 is 2.00 bits per heavy atom. The summed E-state index contributed by atoms with van der Waals surface area (Å²) in [6, 6.07) is 7.47. The van der Waals surface area contributed by atoms with Crippen LogP contribution in [0.1, 0.15) is 18.4 Å². The Balaban J connectivity index is 1.97. The van der Waals surface area contributed by atoms with Gasteiger partial charge < -0.3 is 15.7 Å². The van der Waals surface area contributed by atoms with Crippen LogP contribution in [0.15, 0.2) is 41.0 Å². The molecule has 0 heterocycles. The Morgan fingerprint density at radius 1 is 1.33 bits per heavy atom. The van der Waals surface area contributed by atoms with Crippen LogP contribution < -0.4 is 10.6 Å². The van der Waals surface area contributed by atoms with Crippen LogP contribution in [0, 0.1) is 0 Å². The van der Waals surface area contributed by atoms with Crippen molar-refractivity contribution in [2.24, 2.45) is 4.99 Å². The standard InChI is InChI=1S/C13H16ClN3O/c1-15-12(17-11-6-7-11)13(18)16-8-9-2-4-10(14)5-3-9/h2-5,15-16,18H,6-8H2,1H3/b13-12+. The number of halogens is 1. The lowest BCUT2D eigenvalue weighted by atomic mass is 10.2. The summed E-state index contributed by atoms with van der Waals surface area (Å²) >= 11 is 5.80. The van der Waals surface area contributed by atoms with E-state index in [2.05, 4.69) is 15.6 Å². The van der Waals surface area contributed by atoms with Crippen LogP contribution in [0.3, 0.4) is 0 Å². The molecule has 1 fully saturated rings.